The number of methoxy groups -OCH3 is 1. The van der Waals surface area contributed by atoms with Crippen LogP contribution in [0.15, 0.2) is 16.6 Å². The largest absolute Gasteiger partial charge is 0.481 e. The SMILES string of the molecule is CCOP(=O)(OCC)OCc1nc(OC)ccc1Br. The van der Waals surface area contributed by atoms with E-state index in [4.69, 9.17) is 18.3 Å². The molecule has 1 rings (SSSR count). The summed E-state index contributed by atoms with van der Waals surface area (Å²) in [7, 11) is -2.01. The minimum Gasteiger partial charge on any atom is -0.481 e. The van der Waals surface area contributed by atoms with Crippen molar-refractivity contribution < 1.29 is 22.9 Å². The molecule has 0 bridgehead atoms. The Morgan fingerprint density at radius 2 is 1.84 bits per heavy atom. The van der Waals surface area contributed by atoms with Crippen LogP contribution < -0.4 is 4.74 Å². The van der Waals surface area contributed by atoms with Crippen LogP contribution in [0, 0.1) is 0 Å². The Balaban J connectivity index is 2.76. The molecule has 1 heterocycles. The predicted octanol–water partition coefficient (Wildman–Crippen LogP) is 3.55. The molecule has 0 saturated heterocycles. The summed E-state index contributed by atoms with van der Waals surface area (Å²) in [5.41, 5.74) is 0.555. The fraction of sp³-hybridized carbons (Fsp3) is 0.545. The van der Waals surface area contributed by atoms with Gasteiger partial charge in [0.05, 0.1) is 26.0 Å². The van der Waals surface area contributed by atoms with Gasteiger partial charge in [-0.3, -0.25) is 13.6 Å². The summed E-state index contributed by atoms with van der Waals surface area (Å²) < 4.78 is 33.1. The third-order valence-electron chi connectivity index (χ3n) is 2.04. The van der Waals surface area contributed by atoms with Crippen LogP contribution in [0.1, 0.15) is 19.5 Å². The van der Waals surface area contributed by atoms with Gasteiger partial charge in [0.1, 0.15) is 6.61 Å². The van der Waals surface area contributed by atoms with Crippen LogP contribution in [0.3, 0.4) is 0 Å². The molecule has 6 nitrogen and oxygen atoms in total. The van der Waals surface area contributed by atoms with Gasteiger partial charge in [-0.05, 0) is 35.8 Å². The first-order chi connectivity index (χ1) is 9.04. The van der Waals surface area contributed by atoms with Gasteiger partial charge in [-0.15, -0.1) is 0 Å². The quantitative estimate of drug-likeness (QED) is 0.665. The van der Waals surface area contributed by atoms with Crippen LogP contribution in [0.25, 0.3) is 0 Å². The normalized spacial score (nSPS) is 11.6. The van der Waals surface area contributed by atoms with Gasteiger partial charge < -0.3 is 4.74 Å². The molecule has 0 aromatic carbocycles. The molecule has 108 valence electrons. The number of halogens is 1. The first-order valence-corrected chi connectivity index (χ1v) is 8.03. The van der Waals surface area contributed by atoms with Crippen molar-refractivity contribution >= 4 is 23.8 Å². The number of hydrogen-bond acceptors (Lipinski definition) is 6. The Morgan fingerprint density at radius 3 is 2.37 bits per heavy atom. The number of aromatic nitrogens is 1. The van der Waals surface area contributed by atoms with E-state index >= 15 is 0 Å². The maximum atomic E-state index is 12.1. The van der Waals surface area contributed by atoms with Gasteiger partial charge in [-0.25, -0.2) is 9.55 Å². The molecule has 8 heteroatoms. The second kappa shape index (κ2) is 7.97. The predicted molar refractivity (Wildman–Crippen MR) is 74.1 cm³/mol. The number of phosphoric acid groups is 1. The third-order valence-corrected chi connectivity index (χ3v) is 4.35. The molecule has 0 atom stereocenters. The van der Waals surface area contributed by atoms with E-state index in [1.807, 2.05) is 0 Å². The molecular weight excluding hydrogens is 337 g/mol. The molecule has 0 aliphatic rings. The first kappa shape index (κ1) is 16.6. The van der Waals surface area contributed by atoms with E-state index in [0.717, 1.165) is 4.47 Å². The Labute approximate surface area is 121 Å². The zero-order valence-corrected chi connectivity index (χ0v) is 13.6. The van der Waals surface area contributed by atoms with E-state index < -0.39 is 7.82 Å². The van der Waals surface area contributed by atoms with Crippen LogP contribution in [-0.2, 0) is 24.7 Å². The monoisotopic (exact) mass is 353 g/mol. The zero-order valence-electron chi connectivity index (χ0n) is 11.1. The lowest BCUT2D eigenvalue weighted by Gasteiger charge is -2.16. The highest BCUT2D eigenvalue weighted by molar-refractivity contribution is 9.10. The summed E-state index contributed by atoms with van der Waals surface area (Å²) >= 11 is 3.34. The summed E-state index contributed by atoms with van der Waals surface area (Å²) in [6, 6.07) is 3.48. The van der Waals surface area contributed by atoms with Crippen LogP contribution in [-0.4, -0.2) is 25.3 Å². The molecule has 0 aliphatic carbocycles. The first-order valence-electron chi connectivity index (χ1n) is 5.77. The van der Waals surface area contributed by atoms with Crippen molar-refractivity contribution in [1.29, 1.82) is 0 Å². The summed E-state index contributed by atoms with van der Waals surface area (Å²) in [5, 5.41) is 0. The lowest BCUT2D eigenvalue weighted by Crippen LogP contribution is -2.03. The van der Waals surface area contributed by atoms with Crippen LogP contribution in [0.4, 0.5) is 0 Å². The lowest BCUT2D eigenvalue weighted by molar-refractivity contribution is 0.115. The molecule has 0 radical (unpaired) electrons. The summed E-state index contributed by atoms with van der Waals surface area (Å²) in [5.74, 6) is 0.449. The number of nitrogens with zero attached hydrogens (tertiary/aromatic N) is 1. The second-order valence-corrected chi connectivity index (χ2v) is 5.86. The van der Waals surface area contributed by atoms with E-state index in [9.17, 15) is 4.57 Å². The number of phosphoric ester groups is 1. The highest BCUT2D eigenvalue weighted by Gasteiger charge is 2.26. The third kappa shape index (κ3) is 5.20. The van der Waals surface area contributed by atoms with Crippen molar-refractivity contribution in [3.8, 4) is 5.88 Å². The van der Waals surface area contributed by atoms with Crippen LogP contribution in [0.5, 0.6) is 5.88 Å². The van der Waals surface area contributed by atoms with Gasteiger partial charge in [0.25, 0.3) is 0 Å². The smallest absolute Gasteiger partial charge is 0.475 e. The molecule has 1 aromatic rings. The van der Waals surface area contributed by atoms with Crippen molar-refractivity contribution in [2.45, 2.75) is 20.5 Å². The number of rotatable bonds is 8. The average molecular weight is 354 g/mol. The molecule has 0 spiro atoms. The molecule has 1 aromatic heterocycles. The fourth-order valence-electron chi connectivity index (χ4n) is 1.25. The molecule has 0 fully saturated rings. The highest BCUT2D eigenvalue weighted by Crippen LogP contribution is 2.50. The average Bonchev–Trinajstić information content (AvgIpc) is 2.38. The number of ether oxygens (including phenoxy) is 1. The van der Waals surface area contributed by atoms with Gasteiger partial charge in [-0.1, -0.05) is 0 Å². The Bertz CT molecular complexity index is 447. The zero-order chi connectivity index (χ0) is 14.3. The Morgan fingerprint density at radius 1 is 1.21 bits per heavy atom. The topological polar surface area (TPSA) is 66.9 Å². The lowest BCUT2D eigenvalue weighted by atomic mass is 10.4. The van der Waals surface area contributed by atoms with Crippen molar-refractivity contribution in [2.24, 2.45) is 0 Å². The number of hydrogen-bond donors (Lipinski definition) is 0. The molecule has 0 unspecified atom stereocenters. The van der Waals surface area contributed by atoms with Crippen LogP contribution >= 0.6 is 23.8 Å². The van der Waals surface area contributed by atoms with Crippen molar-refractivity contribution in [3.63, 3.8) is 0 Å². The van der Waals surface area contributed by atoms with E-state index in [-0.39, 0.29) is 19.8 Å². The van der Waals surface area contributed by atoms with Crippen molar-refractivity contribution in [1.82, 2.24) is 4.98 Å². The van der Waals surface area contributed by atoms with Gasteiger partial charge in [0.2, 0.25) is 5.88 Å². The second-order valence-electron chi connectivity index (χ2n) is 3.34. The standard InChI is InChI=1S/C11H17BrNO5P/c1-4-16-19(14,17-5-2)18-8-10-9(12)6-7-11(13-10)15-3/h6-7H,4-5,8H2,1-3H3. The minimum atomic E-state index is -3.53. The van der Waals surface area contributed by atoms with E-state index in [0.29, 0.717) is 11.6 Å². The van der Waals surface area contributed by atoms with Crippen molar-refractivity contribution in [3.05, 3.63) is 22.3 Å². The van der Waals surface area contributed by atoms with E-state index in [2.05, 4.69) is 20.9 Å². The molecule has 0 saturated carbocycles. The van der Waals surface area contributed by atoms with Crippen molar-refractivity contribution in [2.75, 3.05) is 20.3 Å². The highest BCUT2D eigenvalue weighted by atomic mass is 79.9. The summed E-state index contributed by atoms with van der Waals surface area (Å²) in [6.45, 7) is 3.91. The molecule has 0 amide bonds. The van der Waals surface area contributed by atoms with Gasteiger partial charge in [0.15, 0.2) is 0 Å². The molecule has 0 aliphatic heterocycles. The van der Waals surface area contributed by atoms with Gasteiger partial charge in [0, 0.05) is 10.5 Å². The maximum absolute atomic E-state index is 12.1. The summed E-state index contributed by atoms with van der Waals surface area (Å²) in [6.07, 6.45) is 0. The molecule has 0 N–H and O–H groups in total. The fourth-order valence-corrected chi connectivity index (χ4v) is 2.72. The summed E-state index contributed by atoms with van der Waals surface area (Å²) in [4.78, 5) is 4.19. The molecule has 19 heavy (non-hydrogen) atoms. The van der Waals surface area contributed by atoms with Gasteiger partial charge in [-0.2, -0.15) is 0 Å². The van der Waals surface area contributed by atoms with Gasteiger partial charge >= 0.3 is 7.82 Å². The minimum absolute atomic E-state index is 0.00490. The molecular formula is C11H17BrNO5P. The Kier molecular flexibility index (Phi) is 6.96. The van der Waals surface area contributed by atoms with E-state index in [1.54, 1.807) is 26.0 Å². The van der Waals surface area contributed by atoms with E-state index in [1.165, 1.54) is 7.11 Å². The Hall–Kier alpha value is -0.460. The maximum Gasteiger partial charge on any atom is 0.475 e. The number of pyridine rings is 1. The van der Waals surface area contributed by atoms with Crippen LogP contribution in [0.2, 0.25) is 0 Å².